The highest BCUT2D eigenvalue weighted by atomic mass is 32.2. The van der Waals surface area contributed by atoms with Gasteiger partial charge in [0.25, 0.3) is 0 Å². The summed E-state index contributed by atoms with van der Waals surface area (Å²) in [5, 5.41) is 21.8. The van der Waals surface area contributed by atoms with E-state index in [4.69, 9.17) is 0 Å². The van der Waals surface area contributed by atoms with Gasteiger partial charge in [0.1, 0.15) is 5.75 Å². The molecule has 1 N–H and O–H groups in total. The number of thioether (sulfide) groups is 1. The molecule has 1 heterocycles. The molecule has 0 amide bonds. The summed E-state index contributed by atoms with van der Waals surface area (Å²) in [5.41, 5.74) is 2.13. The van der Waals surface area contributed by atoms with Crippen LogP contribution in [0.5, 0.6) is 5.75 Å². The van der Waals surface area contributed by atoms with Crippen molar-refractivity contribution >= 4 is 11.8 Å². The molecule has 0 bridgehead atoms. The van der Waals surface area contributed by atoms with Crippen molar-refractivity contribution < 1.29 is 5.11 Å². The van der Waals surface area contributed by atoms with Crippen LogP contribution in [-0.2, 0) is 6.42 Å². The van der Waals surface area contributed by atoms with E-state index in [9.17, 15) is 5.11 Å². The van der Waals surface area contributed by atoms with Crippen molar-refractivity contribution in [2.45, 2.75) is 11.6 Å². The Kier molecular flexibility index (Phi) is 4.16. The molecule has 0 unspecified atom stereocenters. The summed E-state index contributed by atoms with van der Waals surface area (Å²) in [6.07, 6.45) is 0.966. The van der Waals surface area contributed by atoms with E-state index in [-0.39, 0.29) is 5.75 Å². The van der Waals surface area contributed by atoms with Crippen LogP contribution in [0.15, 0.2) is 59.8 Å². The Morgan fingerprint density at radius 1 is 1.00 bits per heavy atom. The number of rotatable bonds is 5. The number of phenols is 1. The second kappa shape index (κ2) is 6.41. The highest BCUT2D eigenvalue weighted by Gasteiger charge is 2.08. The third-order valence-corrected chi connectivity index (χ3v) is 3.92. The van der Waals surface area contributed by atoms with Crippen LogP contribution in [0.4, 0.5) is 0 Å². The molecule has 3 rings (SSSR count). The highest BCUT2D eigenvalue weighted by molar-refractivity contribution is 7.99. The van der Waals surface area contributed by atoms with E-state index < -0.39 is 0 Å². The normalized spacial score (nSPS) is 10.7. The Bertz CT molecular complexity index is 697. The zero-order valence-electron chi connectivity index (χ0n) is 11.3. The minimum atomic E-state index is 0.227. The lowest BCUT2D eigenvalue weighted by Crippen LogP contribution is -1.99. The second-order valence-electron chi connectivity index (χ2n) is 4.47. The Labute approximate surface area is 126 Å². The molecule has 1 aromatic heterocycles. The Hall–Kier alpha value is -2.34. The summed E-state index contributed by atoms with van der Waals surface area (Å²) in [4.78, 5) is 0. The number of hydrogen-bond donors (Lipinski definition) is 1. The van der Waals surface area contributed by atoms with Gasteiger partial charge in [-0.15, -0.1) is 5.10 Å². The molecule has 3 aromatic rings. The SMILES string of the molecule is Oc1ccc(-n2nnnc2SCCc2ccccc2)cc1. The lowest BCUT2D eigenvalue weighted by molar-refractivity contribution is 0.475. The van der Waals surface area contributed by atoms with E-state index in [2.05, 4.69) is 27.7 Å². The lowest BCUT2D eigenvalue weighted by Gasteiger charge is -2.04. The summed E-state index contributed by atoms with van der Waals surface area (Å²) in [6, 6.07) is 17.1. The fourth-order valence-corrected chi connectivity index (χ4v) is 2.81. The van der Waals surface area contributed by atoms with Crippen molar-refractivity contribution in [3.63, 3.8) is 0 Å². The van der Waals surface area contributed by atoms with Crippen molar-refractivity contribution in [2.24, 2.45) is 0 Å². The van der Waals surface area contributed by atoms with Gasteiger partial charge in [-0.1, -0.05) is 42.1 Å². The average Bonchev–Trinajstić information content (AvgIpc) is 2.98. The molecule has 0 radical (unpaired) electrons. The summed E-state index contributed by atoms with van der Waals surface area (Å²) < 4.78 is 1.68. The van der Waals surface area contributed by atoms with E-state index in [1.807, 2.05) is 18.2 Å². The van der Waals surface area contributed by atoms with Crippen molar-refractivity contribution in [3.05, 3.63) is 60.2 Å². The summed E-state index contributed by atoms with van der Waals surface area (Å²) in [7, 11) is 0. The Balaban J connectivity index is 1.67. The maximum absolute atomic E-state index is 9.32. The van der Waals surface area contributed by atoms with Gasteiger partial charge in [-0.3, -0.25) is 0 Å². The van der Waals surface area contributed by atoms with E-state index in [1.54, 1.807) is 40.7 Å². The molecule has 0 saturated heterocycles. The van der Waals surface area contributed by atoms with Crippen molar-refractivity contribution in [1.82, 2.24) is 20.2 Å². The van der Waals surface area contributed by atoms with E-state index >= 15 is 0 Å². The minimum Gasteiger partial charge on any atom is -0.508 e. The maximum Gasteiger partial charge on any atom is 0.214 e. The second-order valence-corrected chi connectivity index (χ2v) is 5.54. The highest BCUT2D eigenvalue weighted by Crippen LogP contribution is 2.20. The number of nitrogens with zero attached hydrogens (tertiary/aromatic N) is 4. The van der Waals surface area contributed by atoms with Gasteiger partial charge < -0.3 is 5.11 Å². The molecule has 0 spiro atoms. The van der Waals surface area contributed by atoms with Gasteiger partial charge in [0, 0.05) is 5.75 Å². The van der Waals surface area contributed by atoms with E-state index in [0.717, 1.165) is 23.0 Å². The van der Waals surface area contributed by atoms with Gasteiger partial charge in [-0.05, 0) is 46.7 Å². The summed E-state index contributed by atoms with van der Waals surface area (Å²) in [6.45, 7) is 0. The molecule has 5 nitrogen and oxygen atoms in total. The van der Waals surface area contributed by atoms with Crippen LogP contribution in [-0.4, -0.2) is 31.1 Å². The first-order valence-electron chi connectivity index (χ1n) is 6.57. The number of aryl methyl sites for hydroxylation is 1. The first-order chi connectivity index (χ1) is 10.3. The van der Waals surface area contributed by atoms with Crippen LogP contribution >= 0.6 is 11.8 Å². The van der Waals surface area contributed by atoms with Crippen LogP contribution < -0.4 is 0 Å². The number of phenolic OH excluding ortho intramolecular Hbond substituents is 1. The molecule has 106 valence electrons. The number of aromatic nitrogens is 4. The van der Waals surface area contributed by atoms with E-state index in [0.29, 0.717) is 0 Å². The molecule has 0 aliphatic heterocycles. The molecular formula is C15H14N4OS. The van der Waals surface area contributed by atoms with Crippen LogP contribution in [0.2, 0.25) is 0 Å². The third kappa shape index (κ3) is 3.41. The Morgan fingerprint density at radius 3 is 2.52 bits per heavy atom. The summed E-state index contributed by atoms with van der Waals surface area (Å²) >= 11 is 1.61. The van der Waals surface area contributed by atoms with Gasteiger partial charge in [0.15, 0.2) is 0 Å². The lowest BCUT2D eigenvalue weighted by atomic mass is 10.2. The maximum atomic E-state index is 9.32. The molecule has 0 aliphatic rings. The number of hydrogen-bond acceptors (Lipinski definition) is 5. The van der Waals surface area contributed by atoms with Gasteiger partial charge in [-0.25, -0.2) is 0 Å². The number of tetrazole rings is 1. The van der Waals surface area contributed by atoms with Gasteiger partial charge in [0.2, 0.25) is 5.16 Å². The van der Waals surface area contributed by atoms with E-state index in [1.165, 1.54) is 5.56 Å². The smallest absolute Gasteiger partial charge is 0.214 e. The van der Waals surface area contributed by atoms with Gasteiger partial charge in [-0.2, -0.15) is 4.68 Å². The quantitative estimate of drug-likeness (QED) is 0.734. The molecule has 6 heteroatoms. The number of benzene rings is 2. The molecule has 21 heavy (non-hydrogen) atoms. The van der Waals surface area contributed by atoms with Crippen molar-refractivity contribution in [2.75, 3.05) is 5.75 Å². The molecule has 0 aliphatic carbocycles. The third-order valence-electron chi connectivity index (χ3n) is 3.00. The zero-order chi connectivity index (χ0) is 14.5. The van der Waals surface area contributed by atoms with Gasteiger partial charge in [0.05, 0.1) is 5.69 Å². The summed E-state index contributed by atoms with van der Waals surface area (Å²) in [5.74, 6) is 1.13. The zero-order valence-corrected chi connectivity index (χ0v) is 12.1. The van der Waals surface area contributed by atoms with Crippen LogP contribution in [0.1, 0.15) is 5.56 Å². The largest absolute Gasteiger partial charge is 0.508 e. The predicted octanol–water partition coefficient (Wildman–Crippen LogP) is 2.70. The molecular weight excluding hydrogens is 284 g/mol. The Morgan fingerprint density at radius 2 is 1.76 bits per heavy atom. The van der Waals surface area contributed by atoms with Gasteiger partial charge >= 0.3 is 0 Å². The van der Waals surface area contributed by atoms with Crippen LogP contribution in [0.3, 0.4) is 0 Å². The number of aromatic hydroxyl groups is 1. The van der Waals surface area contributed by atoms with Crippen molar-refractivity contribution in [3.8, 4) is 11.4 Å². The molecule has 0 saturated carbocycles. The van der Waals surface area contributed by atoms with Crippen molar-refractivity contribution in [1.29, 1.82) is 0 Å². The standard InChI is InChI=1S/C15H14N4OS/c20-14-8-6-13(7-9-14)19-15(16-17-18-19)21-11-10-12-4-2-1-3-5-12/h1-9,20H,10-11H2. The van der Waals surface area contributed by atoms with Crippen LogP contribution in [0, 0.1) is 0 Å². The fraction of sp³-hybridized carbons (Fsp3) is 0.133. The van der Waals surface area contributed by atoms with Crippen LogP contribution in [0.25, 0.3) is 5.69 Å². The molecule has 0 atom stereocenters. The molecule has 0 fully saturated rings. The monoisotopic (exact) mass is 298 g/mol. The first kappa shape index (κ1) is 13.6. The average molecular weight is 298 g/mol. The predicted molar refractivity (Wildman–Crippen MR) is 81.7 cm³/mol. The topological polar surface area (TPSA) is 63.8 Å². The first-order valence-corrected chi connectivity index (χ1v) is 7.56. The fourth-order valence-electron chi connectivity index (χ4n) is 1.93. The minimum absolute atomic E-state index is 0.227. The molecule has 2 aromatic carbocycles.